The molecule has 0 unspecified atom stereocenters. The van der Waals surface area contributed by atoms with Crippen molar-refractivity contribution in [1.82, 2.24) is 19.8 Å². The van der Waals surface area contributed by atoms with E-state index < -0.39 is 10.0 Å². The smallest absolute Gasteiger partial charge is 0.244 e. The molecule has 7 heteroatoms. The Kier molecular flexibility index (Phi) is 4.27. The minimum absolute atomic E-state index is 0.319. The molecule has 2 heterocycles. The summed E-state index contributed by atoms with van der Waals surface area (Å²) in [6.45, 7) is 6.02. The van der Waals surface area contributed by atoms with Gasteiger partial charge in [-0.3, -0.25) is 4.68 Å². The molecule has 0 aliphatic carbocycles. The summed E-state index contributed by atoms with van der Waals surface area (Å²) >= 11 is 0. The second-order valence-corrected chi connectivity index (χ2v) is 6.87. The molecule has 1 atom stereocenters. The predicted molar refractivity (Wildman–Crippen MR) is 73.5 cm³/mol. The lowest BCUT2D eigenvalue weighted by Crippen LogP contribution is -2.27. The first-order valence-electron chi connectivity index (χ1n) is 6.62. The summed E-state index contributed by atoms with van der Waals surface area (Å²) < 4.78 is 28.9. The molecule has 0 spiro atoms. The number of nitrogens with zero attached hydrogens (tertiary/aromatic N) is 2. The van der Waals surface area contributed by atoms with Gasteiger partial charge in [-0.15, -0.1) is 0 Å². The molecule has 2 N–H and O–H groups in total. The highest BCUT2D eigenvalue weighted by molar-refractivity contribution is 7.89. The van der Waals surface area contributed by atoms with Crippen LogP contribution < -0.4 is 10.0 Å². The monoisotopic (exact) mass is 286 g/mol. The quantitative estimate of drug-likeness (QED) is 0.817. The maximum atomic E-state index is 12.3. The molecule has 1 aromatic rings. The number of rotatable bonds is 5. The van der Waals surface area contributed by atoms with E-state index in [-0.39, 0.29) is 0 Å². The van der Waals surface area contributed by atoms with Crippen molar-refractivity contribution in [3.8, 4) is 0 Å². The van der Waals surface area contributed by atoms with Crippen LogP contribution >= 0.6 is 0 Å². The van der Waals surface area contributed by atoms with E-state index in [0.29, 0.717) is 28.7 Å². The number of sulfonamides is 1. The van der Waals surface area contributed by atoms with Crippen molar-refractivity contribution in [3.05, 3.63) is 11.4 Å². The molecule has 0 amide bonds. The van der Waals surface area contributed by atoms with E-state index >= 15 is 0 Å². The summed E-state index contributed by atoms with van der Waals surface area (Å²) in [6.07, 6.45) is 2.01. The number of nitrogens with one attached hydrogen (secondary N) is 2. The fourth-order valence-corrected chi connectivity index (χ4v) is 4.06. The van der Waals surface area contributed by atoms with Gasteiger partial charge >= 0.3 is 0 Å². The molecule has 1 aliphatic rings. The minimum Gasteiger partial charge on any atom is -0.316 e. The van der Waals surface area contributed by atoms with Crippen molar-refractivity contribution < 1.29 is 8.42 Å². The Morgan fingerprint density at radius 2 is 2.21 bits per heavy atom. The second kappa shape index (κ2) is 5.60. The Bertz CT molecular complexity index is 544. The summed E-state index contributed by atoms with van der Waals surface area (Å²) in [5, 5.41) is 7.43. The normalized spacial score (nSPS) is 20.1. The van der Waals surface area contributed by atoms with Crippen LogP contribution in [0.4, 0.5) is 0 Å². The molecule has 0 saturated carbocycles. The summed E-state index contributed by atoms with van der Waals surface area (Å²) in [5.74, 6) is 0.582. The van der Waals surface area contributed by atoms with Crippen LogP contribution in [0.3, 0.4) is 0 Å². The van der Waals surface area contributed by atoms with E-state index in [4.69, 9.17) is 0 Å². The van der Waals surface area contributed by atoms with Crippen LogP contribution in [0.25, 0.3) is 0 Å². The Balaban J connectivity index is 2.01. The number of aryl methyl sites for hydroxylation is 2. The van der Waals surface area contributed by atoms with Gasteiger partial charge in [-0.05, 0) is 45.7 Å². The van der Waals surface area contributed by atoms with Gasteiger partial charge in [0.1, 0.15) is 4.90 Å². The maximum Gasteiger partial charge on any atom is 0.244 e. The zero-order valence-electron chi connectivity index (χ0n) is 11.7. The van der Waals surface area contributed by atoms with Crippen LogP contribution in [0, 0.1) is 19.8 Å². The molecule has 0 bridgehead atoms. The fraction of sp³-hybridized carbons (Fsp3) is 0.750. The number of hydrogen-bond donors (Lipinski definition) is 2. The standard InChI is InChI=1S/C12H22N4O2S/c1-9-12(10(2)16(3)15-9)19(17,18)14-7-5-11-4-6-13-8-11/h11,13-14H,4-8H2,1-3H3/t11-/m0/s1. The van der Waals surface area contributed by atoms with E-state index in [1.54, 1.807) is 25.6 Å². The molecular weight excluding hydrogens is 264 g/mol. The van der Waals surface area contributed by atoms with Crippen LogP contribution in [-0.4, -0.2) is 37.8 Å². The number of aromatic nitrogens is 2. The fourth-order valence-electron chi connectivity index (χ4n) is 2.57. The van der Waals surface area contributed by atoms with E-state index in [0.717, 1.165) is 25.9 Å². The van der Waals surface area contributed by atoms with Crippen molar-refractivity contribution >= 4 is 10.0 Å². The SMILES string of the molecule is Cc1nn(C)c(C)c1S(=O)(=O)NCC[C@@H]1CCNC1. The summed E-state index contributed by atoms with van der Waals surface area (Å²) in [6, 6.07) is 0. The lowest BCUT2D eigenvalue weighted by Gasteiger charge is -2.10. The van der Waals surface area contributed by atoms with E-state index in [2.05, 4.69) is 15.1 Å². The van der Waals surface area contributed by atoms with Crippen LogP contribution in [0.5, 0.6) is 0 Å². The third-order valence-electron chi connectivity index (χ3n) is 3.72. The van der Waals surface area contributed by atoms with Crippen LogP contribution in [0.2, 0.25) is 0 Å². The van der Waals surface area contributed by atoms with Crippen molar-refractivity contribution in [3.63, 3.8) is 0 Å². The summed E-state index contributed by atoms with van der Waals surface area (Å²) in [7, 11) is -1.69. The summed E-state index contributed by atoms with van der Waals surface area (Å²) in [5.41, 5.74) is 1.22. The molecule has 1 aromatic heterocycles. The van der Waals surface area contributed by atoms with Crippen LogP contribution in [-0.2, 0) is 17.1 Å². The third kappa shape index (κ3) is 3.16. The maximum absolute atomic E-state index is 12.3. The molecule has 1 aliphatic heterocycles. The second-order valence-electron chi connectivity index (χ2n) is 5.17. The van der Waals surface area contributed by atoms with E-state index in [1.165, 1.54) is 0 Å². The molecule has 19 heavy (non-hydrogen) atoms. The van der Waals surface area contributed by atoms with Gasteiger partial charge in [0.05, 0.1) is 11.4 Å². The molecule has 2 rings (SSSR count). The van der Waals surface area contributed by atoms with E-state index in [1.807, 2.05) is 0 Å². The first kappa shape index (κ1) is 14.5. The Morgan fingerprint density at radius 3 is 2.74 bits per heavy atom. The molecule has 108 valence electrons. The zero-order valence-corrected chi connectivity index (χ0v) is 12.5. The van der Waals surface area contributed by atoms with E-state index in [9.17, 15) is 8.42 Å². The van der Waals surface area contributed by atoms with Gasteiger partial charge in [0.15, 0.2) is 0 Å². The lowest BCUT2D eigenvalue weighted by atomic mass is 10.1. The topological polar surface area (TPSA) is 76.0 Å². The first-order valence-corrected chi connectivity index (χ1v) is 8.10. The molecule has 1 fully saturated rings. The highest BCUT2D eigenvalue weighted by Crippen LogP contribution is 2.18. The van der Waals surface area contributed by atoms with Crippen molar-refractivity contribution in [1.29, 1.82) is 0 Å². The van der Waals surface area contributed by atoms with Gasteiger partial charge in [-0.25, -0.2) is 13.1 Å². The molecular formula is C12H22N4O2S. The van der Waals surface area contributed by atoms with Crippen LogP contribution in [0.15, 0.2) is 4.90 Å². The molecule has 1 saturated heterocycles. The average molecular weight is 286 g/mol. The average Bonchev–Trinajstić information content (AvgIpc) is 2.88. The van der Waals surface area contributed by atoms with Gasteiger partial charge in [0, 0.05) is 13.6 Å². The highest BCUT2D eigenvalue weighted by Gasteiger charge is 2.24. The Hall–Kier alpha value is -0.920. The van der Waals surface area contributed by atoms with Crippen LogP contribution in [0.1, 0.15) is 24.2 Å². The lowest BCUT2D eigenvalue weighted by molar-refractivity contribution is 0.519. The summed E-state index contributed by atoms with van der Waals surface area (Å²) in [4.78, 5) is 0.319. The minimum atomic E-state index is -3.45. The van der Waals surface area contributed by atoms with Crippen molar-refractivity contribution in [2.24, 2.45) is 13.0 Å². The Morgan fingerprint density at radius 1 is 1.47 bits per heavy atom. The van der Waals surface area contributed by atoms with Gasteiger partial charge in [0.2, 0.25) is 10.0 Å². The Labute approximate surface area is 114 Å². The number of hydrogen-bond acceptors (Lipinski definition) is 4. The molecule has 0 radical (unpaired) electrons. The first-order chi connectivity index (χ1) is 8.92. The molecule has 0 aromatic carbocycles. The van der Waals surface area contributed by atoms with Gasteiger partial charge in [-0.1, -0.05) is 0 Å². The third-order valence-corrected chi connectivity index (χ3v) is 5.43. The van der Waals surface area contributed by atoms with Gasteiger partial charge < -0.3 is 5.32 Å². The van der Waals surface area contributed by atoms with Gasteiger partial charge in [0.25, 0.3) is 0 Å². The highest BCUT2D eigenvalue weighted by atomic mass is 32.2. The zero-order chi connectivity index (χ0) is 14.0. The largest absolute Gasteiger partial charge is 0.316 e. The van der Waals surface area contributed by atoms with Gasteiger partial charge in [-0.2, -0.15) is 5.10 Å². The molecule has 6 nitrogen and oxygen atoms in total. The van der Waals surface area contributed by atoms with Crippen molar-refractivity contribution in [2.75, 3.05) is 19.6 Å². The van der Waals surface area contributed by atoms with Crippen molar-refractivity contribution in [2.45, 2.75) is 31.6 Å². The predicted octanol–water partition coefficient (Wildman–Crippen LogP) is 0.315.